The number of sulfonamides is 1. The molecule has 0 spiro atoms. The van der Waals surface area contributed by atoms with E-state index >= 15 is 0 Å². The average molecular weight is 409 g/mol. The number of hydrogen-bond acceptors (Lipinski definition) is 5. The van der Waals surface area contributed by atoms with Crippen LogP contribution in [0.1, 0.15) is 0 Å². The van der Waals surface area contributed by atoms with Crippen LogP contribution in [0, 0.1) is 5.82 Å². The number of amides is 1. The molecule has 152 valence electrons. The smallest absolute Gasteiger partial charge is 0.264 e. The summed E-state index contributed by atoms with van der Waals surface area (Å²) in [5.74, 6) is -0.446. The summed E-state index contributed by atoms with van der Waals surface area (Å²) in [6.07, 6.45) is 0. The molecule has 0 aliphatic carbocycles. The number of carbonyl (C=O) groups is 1. The van der Waals surface area contributed by atoms with Gasteiger partial charge < -0.3 is 15.0 Å². The molecule has 0 aliphatic rings. The summed E-state index contributed by atoms with van der Waals surface area (Å²) < 4.78 is 45.6. The molecule has 0 saturated carbocycles. The number of ether oxygens (including phenoxy) is 1. The van der Waals surface area contributed by atoms with E-state index in [0.29, 0.717) is 18.8 Å². The minimum absolute atomic E-state index is 0.00119. The fourth-order valence-electron chi connectivity index (χ4n) is 2.40. The van der Waals surface area contributed by atoms with E-state index < -0.39 is 28.3 Å². The predicted octanol–water partition coefficient (Wildman–Crippen LogP) is 1.71. The van der Waals surface area contributed by atoms with Crippen molar-refractivity contribution in [3.05, 3.63) is 54.3 Å². The largest absolute Gasteiger partial charge is 0.497 e. The molecule has 0 fully saturated rings. The lowest BCUT2D eigenvalue weighted by Gasteiger charge is -2.24. The van der Waals surface area contributed by atoms with Crippen LogP contribution < -0.4 is 14.4 Å². The van der Waals surface area contributed by atoms with E-state index in [1.165, 1.54) is 43.5 Å². The second kappa shape index (κ2) is 9.52. The molecule has 0 radical (unpaired) electrons. The predicted molar refractivity (Wildman–Crippen MR) is 105 cm³/mol. The number of rotatable bonds is 9. The van der Waals surface area contributed by atoms with Gasteiger partial charge in [-0.15, -0.1) is 0 Å². The first-order chi connectivity index (χ1) is 13.2. The van der Waals surface area contributed by atoms with E-state index in [2.05, 4.69) is 5.32 Å². The highest BCUT2D eigenvalue weighted by Gasteiger charge is 2.27. The third-order valence-electron chi connectivity index (χ3n) is 3.93. The van der Waals surface area contributed by atoms with Crippen molar-refractivity contribution in [1.29, 1.82) is 0 Å². The van der Waals surface area contributed by atoms with Crippen molar-refractivity contribution in [2.45, 2.75) is 4.90 Å². The quantitative estimate of drug-likeness (QED) is 0.682. The van der Waals surface area contributed by atoms with E-state index in [9.17, 15) is 17.6 Å². The second-order valence-electron chi connectivity index (χ2n) is 6.32. The van der Waals surface area contributed by atoms with Gasteiger partial charge in [0.15, 0.2) is 0 Å². The second-order valence-corrected chi connectivity index (χ2v) is 8.18. The molecule has 0 bridgehead atoms. The van der Waals surface area contributed by atoms with E-state index in [4.69, 9.17) is 4.74 Å². The number of anilines is 1. The summed E-state index contributed by atoms with van der Waals surface area (Å²) in [6.45, 7) is 0.576. The van der Waals surface area contributed by atoms with Crippen LogP contribution in [0.4, 0.5) is 10.1 Å². The zero-order valence-corrected chi connectivity index (χ0v) is 16.9. The van der Waals surface area contributed by atoms with Gasteiger partial charge in [-0.3, -0.25) is 9.10 Å². The summed E-state index contributed by atoms with van der Waals surface area (Å²) in [7, 11) is 1.17. The molecule has 0 aromatic heterocycles. The SMILES string of the molecule is COc1ccc(S(=O)(=O)N(CC(=O)NCCN(C)C)c2ccc(F)cc2)cc1. The number of benzene rings is 2. The third-order valence-corrected chi connectivity index (χ3v) is 5.72. The Hall–Kier alpha value is -2.65. The van der Waals surface area contributed by atoms with Crippen LogP contribution in [0.5, 0.6) is 5.75 Å². The maximum atomic E-state index is 13.3. The lowest BCUT2D eigenvalue weighted by molar-refractivity contribution is -0.119. The van der Waals surface area contributed by atoms with E-state index in [1.54, 1.807) is 0 Å². The van der Waals surface area contributed by atoms with E-state index in [-0.39, 0.29) is 10.6 Å². The molecule has 1 N–H and O–H groups in total. The Morgan fingerprint density at radius 1 is 1.07 bits per heavy atom. The maximum Gasteiger partial charge on any atom is 0.264 e. The lowest BCUT2D eigenvalue weighted by atomic mass is 10.3. The van der Waals surface area contributed by atoms with Crippen LogP contribution in [0.2, 0.25) is 0 Å². The number of carbonyl (C=O) groups excluding carboxylic acids is 1. The highest BCUT2D eigenvalue weighted by atomic mass is 32.2. The molecule has 7 nitrogen and oxygen atoms in total. The highest BCUT2D eigenvalue weighted by Crippen LogP contribution is 2.25. The van der Waals surface area contributed by atoms with Gasteiger partial charge in [0.1, 0.15) is 18.1 Å². The summed E-state index contributed by atoms with van der Waals surface area (Å²) >= 11 is 0. The normalized spacial score (nSPS) is 11.3. The fourth-order valence-corrected chi connectivity index (χ4v) is 3.82. The van der Waals surface area contributed by atoms with Gasteiger partial charge >= 0.3 is 0 Å². The van der Waals surface area contributed by atoms with Crippen molar-refractivity contribution in [2.24, 2.45) is 0 Å². The van der Waals surface area contributed by atoms with Crippen molar-refractivity contribution in [2.75, 3.05) is 45.1 Å². The van der Waals surface area contributed by atoms with Gasteiger partial charge in [0.2, 0.25) is 5.91 Å². The maximum absolute atomic E-state index is 13.3. The summed E-state index contributed by atoms with van der Waals surface area (Å²) in [6, 6.07) is 10.8. The first kappa shape index (κ1) is 21.6. The Labute approximate surface area is 164 Å². The molecular weight excluding hydrogens is 385 g/mol. The molecule has 2 aromatic rings. The molecule has 28 heavy (non-hydrogen) atoms. The van der Waals surface area contributed by atoms with Gasteiger partial charge in [0.05, 0.1) is 17.7 Å². The standard InChI is InChI=1S/C19H24FN3O4S/c1-22(2)13-12-21-19(24)14-23(16-6-4-15(20)5-7-16)28(25,26)18-10-8-17(27-3)9-11-18/h4-11H,12-14H2,1-3H3,(H,21,24). The van der Waals surface area contributed by atoms with Gasteiger partial charge in [-0.05, 0) is 62.6 Å². The number of halogens is 1. The minimum Gasteiger partial charge on any atom is -0.497 e. The van der Waals surface area contributed by atoms with Crippen molar-refractivity contribution < 1.29 is 22.3 Å². The topological polar surface area (TPSA) is 79.0 Å². The third kappa shape index (κ3) is 5.67. The van der Waals surface area contributed by atoms with Crippen molar-refractivity contribution in [3.63, 3.8) is 0 Å². The Balaban J connectivity index is 2.31. The zero-order chi connectivity index (χ0) is 20.7. The van der Waals surface area contributed by atoms with E-state index in [0.717, 1.165) is 16.4 Å². The Bertz CT molecular complexity index is 884. The Kier molecular flexibility index (Phi) is 7.36. The molecule has 0 unspecified atom stereocenters. The van der Waals surface area contributed by atoms with Crippen LogP contribution >= 0.6 is 0 Å². The number of hydrogen-bond donors (Lipinski definition) is 1. The Morgan fingerprint density at radius 2 is 1.68 bits per heavy atom. The van der Waals surface area contributed by atoms with Gasteiger partial charge in [-0.2, -0.15) is 0 Å². The molecule has 2 rings (SSSR count). The van der Waals surface area contributed by atoms with Crippen LogP contribution in [0.3, 0.4) is 0 Å². The monoisotopic (exact) mass is 409 g/mol. The van der Waals surface area contributed by atoms with Crippen molar-refractivity contribution >= 4 is 21.6 Å². The number of likely N-dealkylation sites (N-methyl/N-ethyl adjacent to an activating group) is 1. The molecule has 9 heteroatoms. The number of methoxy groups -OCH3 is 1. The number of nitrogens with zero attached hydrogens (tertiary/aromatic N) is 2. The van der Waals surface area contributed by atoms with Gasteiger partial charge in [0, 0.05) is 13.1 Å². The molecule has 0 aliphatic heterocycles. The fraction of sp³-hybridized carbons (Fsp3) is 0.316. The molecule has 0 heterocycles. The summed E-state index contributed by atoms with van der Waals surface area (Å²) in [4.78, 5) is 14.2. The first-order valence-corrected chi connectivity index (χ1v) is 10.0. The minimum atomic E-state index is -4.04. The lowest BCUT2D eigenvalue weighted by Crippen LogP contribution is -2.42. The van der Waals surface area contributed by atoms with Crippen LogP contribution in [0.15, 0.2) is 53.4 Å². The van der Waals surface area contributed by atoms with Crippen molar-refractivity contribution in [1.82, 2.24) is 10.2 Å². The van der Waals surface area contributed by atoms with Crippen molar-refractivity contribution in [3.8, 4) is 5.75 Å². The summed E-state index contributed by atoms with van der Waals surface area (Å²) in [5, 5.41) is 2.69. The van der Waals surface area contributed by atoms with Gasteiger partial charge in [0.25, 0.3) is 10.0 Å². The zero-order valence-electron chi connectivity index (χ0n) is 16.1. The van der Waals surface area contributed by atoms with Crippen LogP contribution in [-0.4, -0.2) is 60.1 Å². The molecule has 0 saturated heterocycles. The Morgan fingerprint density at radius 3 is 2.21 bits per heavy atom. The van der Waals surface area contributed by atoms with Gasteiger partial charge in [-0.1, -0.05) is 0 Å². The first-order valence-electron chi connectivity index (χ1n) is 8.58. The molecule has 0 atom stereocenters. The molecule has 2 aromatic carbocycles. The van der Waals surface area contributed by atoms with Gasteiger partial charge in [-0.25, -0.2) is 12.8 Å². The van der Waals surface area contributed by atoms with Crippen LogP contribution in [0.25, 0.3) is 0 Å². The average Bonchev–Trinajstić information content (AvgIpc) is 2.66. The molecular formula is C19H24FN3O4S. The highest BCUT2D eigenvalue weighted by molar-refractivity contribution is 7.92. The van der Waals surface area contributed by atoms with Crippen LogP contribution in [-0.2, 0) is 14.8 Å². The van der Waals surface area contributed by atoms with E-state index in [1.807, 2.05) is 19.0 Å². The summed E-state index contributed by atoms with van der Waals surface area (Å²) in [5.41, 5.74) is 0.194. The number of nitrogens with one attached hydrogen (secondary N) is 1. The molecule has 1 amide bonds.